The van der Waals surface area contributed by atoms with Gasteiger partial charge in [0.2, 0.25) is 0 Å². The van der Waals surface area contributed by atoms with E-state index in [1.807, 2.05) is 43.3 Å². The molecule has 6 nitrogen and oxygen atoms in total. The van der Waals surface area contributed by atoms with Gasteiger partial charge in [-0.1, -0.05) is 30.3 Å². The molecule has 1 aliphatic heterocycles. The van der Waals surface area contributed by atoms with Gasteiger partial charge in [-0.15, -0.1) is 0 Å². The van der Waals surface area contributed by atoms with Crippen LogP contribution in [0.25, 0.3) is 6.08 Å². The molecule has 2 aromatic carbocycles. The SMILES string of the molecule is CCOc1cc(/C=C2/NC(=O)N(C)C2=O)cc(Br)c1OCc1ccccc1. The van der Waals surface area contributed by atoms with Gasteiger partial charge in [0.1, 0.15) is 12.3 Å². The second-order valence-corrected chi connectivity index (χ2v) is 6.74. The van der Waals surface area contributed by atoms with Gasteiger partial charge in [0.25, 0.3) is 5.91 Å². The number of imide groups is 1. The Morgan fingerprint density at radius 3 is 2.52 bits per heavy atom. The second-order valence-electron chi connectivity index (χ2n) is 5.89. The molecule has 0 aromatic heterocycles. The van der Waals surface area contributed by atoms with Crippen LogP contribution in [0.4, 0.5) is 4.79 Å². The molecule has 0 spiro atoms. The minimum atomic E-state index is -0.446. The molecular weight excluding hydrogens is 412 g/mol. The molecule has 1 aliphatic rings. The van der Waals surface area contributed by atoms with Crippen molar-refractivity contribution in [1.82, 2.24) is 10.2 Å². The van der Waals surface area contributed by atoms with Gasteiger partial charge < -0.3 is 14.8 Å². The number of benzene rings is 2. The molecule has 0 bridgehead atoms. The molecule has 1 N–H and O–H groups in total. The van der Waals surface area contributed by atoms with E-state index in [1.165, 1.54) is 7.05 Å². The van der Waals surface area contributed by atoms with Gasteiger partial charge in [-0.2, -0.15) is 0 Å². The van der Waals surface area contributed by atoms with Gasteiger partial charge >= 0.3 is 6.03 Å². The Morgan fingerprint density at radius 1 is 1.15 bits per heavy atom. The minimum Gasteiger partial charge on any atom is -0.490 e. The Bertz CT molecular complexity index is 896. The van der Waals surface area contributed by atoms with E-state index >= 15 is 0 Å². The Balaban J connectivity index is 1.88. The van der Waals surface area contributed by atoms with E-state index < -0.39 is 6.03 Å². The number of rotatable bonds is 6. The van der Waals surface area contributed by atoms with E-state index in [9.17, 15) is 9.59 Å². The number of urea groups is 1. The van der Waals surface area contributed by atoms with Crippen molar-refractivity contribution >= 4 is 33.9 Å². The zero-order valence-electron chi connectivity index (χ0n) is 15.0. The molecule has 1 heterocycles. The number of amides is 3. The minimum absolute atomic E-state index is 0.217. The summed E-state index contributed by atoms with van der Waals surface area (Å²) < 4.78 is 12.4. The molecule has 7 heteroatoms. The molecule has 0 saturated carbocycles. The Morgan fingerprint density at radius 2 is 1.89 bits per heavy atom. The average Bonchev–Trinajstić information content (AvgIpc) is 2.89. The molecule has 0 radical (unpaired) electrons. The van der Waals surface area contributed by atoms with Crippen molar-refractivity contribution in [3.8, 4) is 11.5 Å². The van der Waals surface area contributed by atoms with Crippen molar-refractivity contribution in [2.45, 2.75) is 13.5 Å². The van der Waals surface area contributed by atoms with Gasteiger partial charge in [0.05, 0.1) is 11.1 Å². The third kappa shape index (κ3) is 4.31. The molecular formula is C20H19BrN2O4. The summed E-state index contributed by atoms with van der Waals surface area (Å²) in [5, 5.41) is 2.55. The summed E-state index contributed by atoms with van der Waals surface area (Å²) in [5.41, 5.74) is 1.96. The Kier molecular flexibility index (Phi) is 5.81. The number of halogens is 1. The molecule has 1 fully saturated rings. The highest BCUT2D eigenvalue weighted by Crippen LogP contribution is 2.38. The maximum absolute atomic E-state index is 12.0. The van der Waals surface area contributed by atoms with Crippen LogP contribution >= 0.6 is 15.9 Å². The zero-order chi connectivity index (χ0) is 19.4. The lowest BCUT2D eigenvalue weighted by molar-refractivity contribution is -0.121. The van der Waals surface area contributed by atoms with Gasteiger partial charge in [0, 0.05) is 7.05 Å². The first-order valence-electron chi connectivity index (χ1n) is 8.43. The highest BCUT2D eigenvalue weighted by atomic mass is 79.9. The summed E-state index contributed by atoms with van der Waals surface area (Å²) in [6.07, 6.45) is 1.61. The van der Waals surface area contributed by atoms with Crippen molar-refractivity contribution in [3.63, 3.8) is 0 Å². The summed E-state index contributed by atoms with van der Waals surface area (Å²) in [6, 6.07) is 13.0. The summed E-state index contributed by atoms with van der Waals surface area (Å²) in [5.74, 6) is 0.764. The van der Waals surface area contributed by atoms with E-state index in [4.69, 9.17) is 9.47 Å². The fraction of sp³-hybridized carbons (Fsp3) is 0.200. The number of carbonyl (C=O) groups excluding carboxylic acids is 2. The van der Waals surface area contributed by atoms with Crippen LogP contribution in [0.5, 0.6) is 11.5 Å². The first-order valence-corrected chi connectivity index (χ1v) is 9.22. The number of nitrogens with zero attached hydrogens (tertiary/aromatic N) is 1. The normalized spacial score (nSPS) is 15.2. The standard InChI is InChI=1S/C20H19BrN2O4/c1-3-26-17-11-14(10-16-19(24)23(2)20(25)22-16)9-15(21)18(17)27-12-13-7-5-4-6-8-13/h4-11H,3,12H2,1-2H3,(H,22,25)/b16-10+. The van der Waals surface area contributed by atoms with Crippen LogP contribution in [-0.4, -0.2) is 30.5 Å². The molecule has 1 saturated heterocycles. The molecule has 0 unspecified atom stereocenters. The number of hydrogen-bond acceptors (Lipinski definition) is 4. The van der Waals surface area contributed by atoms with Gasteiger partial charge in [-0.3, -0.25) is 9.69 Å². The number of ether oxygens (including phenoxy) is 2. The third-order valence-electron chi connectivity index (χ3n) is 3.95. The highest BCUT2D eigenvalue weighted by Gasteiger charge is 2.30. The number of carbonyl (C=O) groups is 2. The van der Waals surface area contributed by atoms with Crippen molar-refractivity contribution in [2.75, 3.05) is 13.7 Å². The number of likely N-dealkylation sites (N-methyl/N-ethyl adjacent to an activating group) is 1. The van der Waals surface area contributed by atoms with Crippen LogP contribution in [0.15, 0.2) is 52.6 Å². The third-order valence-corrected chi connectivity index (χ3v) is 4.54. The fourth-order valence-corrected chi connectivity index (χ4v) is 3.17. The lowest BCUT2D eigenvalue weighted by Crippen LogP contribution is -2.25. The zero-order valence-corrected chi connectivity index (χ0v) is 16.6. The van der Waals surface area contributed by atoms with Crippen LogP contribution < -0.4 is 14.8 Å². The maximum Gasteiger partial charge on any atom is 0.328 e. The smallest absolute Gasteiger partial charge is 0.328 e. The Hall–Kier alpha value is -2.80. The monoisotopic (exact) mass is 430 g/mol. The van der Waals surface area contributed by atoms with Crippen molar-refractivity contribution in [1.29, 1.82) is 0 Å². The van der Waals surface area contributed by atoms with E-state index in [1.54, 1.807) is 12.1 Å². The van der Waals surface area contributed by atoms with Gasteiger partial charge in [0.15, 0.2) is 11.5 Å². The van der Waals surface area contributed by atoms with Gasteiger partial charge in [-0.05, 0) is 52.2 Å². The fourth-order valence-electron chi connectivity index (χ4n) is 2.59. The molecule has 0 atom stereocenters. The lowest BCUT2D eigenvalue weighted by Gasteiger charge is -2.15. The van der Waals surface area contributed by atoms with Crippen LogP contribution in [0.2, 0.25) is 0 Å². The first kappa shape index (κ1) is 19.0. The number of hydrogen-bond donors (Lipinski definition) is 1. The molecule has 3 rings (SSSR count). The summed E-state index contributed by atoms with van der Waals surface area (Å²) in [4.78, 5) is 24.7. The largest absolute Gasteiger partial charge is 0.490 e. The van der Waals surface area contributed by atoms with E-state index in [0.29, 0.717) is 34.7 Å². The maximum atomic E-state index is 12.0. The van der Waals surface area contributed by atoms with Crippen molar-refractivity contribution in [3.05, 3.63) is 63.8 Å². The van der Waals surface area contributed by atoms with Crippen LogP contribution in [0, 0.1) is 0 Å². The summed E-state index contributed by atoms with van der Waals surface area (Å²) in [6.45, 7) is 2.75. The number of nitrogens with one attached hydrogen (secondary N) is 1. The average molecular weight is 431 g/mol. The lowest BCUT2D eigenvalue weighted by atomic mass is 10.1. The first-order chi connectivity index (χ1) is 13.0. The molecule has 0 aliphatic carbocycles. The predicted octanol–water partition coefficient (Wildman–Crippen LogP) is 3.95. The molecule has 2 aromatic rings. The van der Waals surface area contributed by atoms with E-state index in [2.05, 4.69) is 21.2 Å². The predicted molar refractivity (Wildman–Crippen MR) is 105 cm³/mol. The van der Waals surface area contributed by atoms with Crippen molar-refractivity contribution < 1.29 is 19.1 Å². The van der Waals surface area contributed by atoms with Crippen LogP contribution in [-0.2, 0) is 11.4 Å². The van der Waals surface area contributed by atoms with Crippen molar-refractivity contribution in [2.24, 2.45) is 0 Å². The molecule has 140 valence electrons. The quantitative estimate of drug-likeness (QED) is 0.556. The summed E-state index contributed by atoms with van der Waals surface area (Å²) >= 11 is 3.51. The van der Waals surface area contributed by atoms with E-state index in [-0.39, 0.29) is 11.6 Å². The molecule has 27 heavy (non-hydrogen) atoms. The van der Waals surface area contributed by atoms with Gasteiger partial charge in [-0.25, -0.2) is 4.79 Å². The van der Waals surface area contributed by atoms with Crippen LogP contribution in [0.3, 0.4) is 0 Å². The molecule has 3 amide bonds. The second kappa shape index (κ2) is 8.26. The summed E-state index contributed by atoms with van der Waals surface area (Å²) in [7, 11) is 1.43. The van der Waals surface area contributed by atoms with Crippen LogP contribution in [0.1, 0.15) is 18.1 Å². The van der Waals surface area contributed by atoms with E-state index in [0.717, 1.165) is 10.5 Å². The highest BCUT2D eigenvalue weighted by molar-refractivity contribution is 9.10. The Labute approximate surface area is 165 Å². The topological polar surface area (TPSA) is 67.9 Å².